The molecule has 1 atom stereocenters. The molecule has 0 saturated heterocycles. The average molecular weight is 241 g/mol. The van der Waals surface area contributed by atoms with Crippen molar-refractivity contribution in [3.8, 4) is 0 Å². The number of carbonyl (C=O) groups excluding carboxylic acids is 1. The predicted octanol–water partition coefficient (Wildman–Crippen LogP) is 3.19. The molecule has 0 saturated carbocycles. The van der Waals surface area contributed by atoms with E-state index in [1.807, 2.05) is 32.0 Å². The Morgan fingerprint density at radius 1 is 1.50 bits per heavy atom. The highest BCUT2D eigenvalue weighted by molar-refractivity contribution is 6.31. The van der Waals surface area contributed by atoms with Crippen LogP contribution in [0.25, 0.3) is 0 Å². The van der Waals surface area contributed by atoms with Crippen LogP contribution in [0.1, 0.15) is 25.0 Å². The number of ether oxygens (including phenoxy) is 1. The van der Waals surface area contributed by atoms with Crippen LogP contribution in [-0.4, -0.2) is 18.5 Å². The fourth-order valence-corrected chi connectivity index (χ4v) is 1.77. The molecule has 0 heterocycles. The van der Waals surface area contributed by atoms with Crippen LogP contribution < -0.4 is 0 Å². The molecule has 0 aliphatic heterocycles. The predicted molar refractivity (Wildman–Crippen MR) is 66.0 cm³/mol. The van der Waals surface area contributed by atoms with Gasteiger partial charge in [0.2, 0.25) is 0 Å². The Kier molecular flexibility index (Phi) is 4.97. The third-order valence-corrected chi connectivity index (χ3v) is 2.80. The van der Waals surface area contributed by atoms with Crippen molar-refractivity contribution in [2.75, 3.05) is 6.61 Å². The van der Waals surface area contributed by atoms with Gasteiger partial charge in [-0.25, -0.2) is 0 Å². The molecule has 3 heteroatoms. The number of hydrogen-bond acceptors (Lipinski definition) is 2. The van der Waals surface area contributed by atoms with Gasteiger partial charge in [0.15, 0.2) is 5.78 Å². The maximum atomic E-state index is 11.8. The van der Waals surface area contributed by atoms with Gasteiger partial charge in [-0.05, 0) is 38.0 Å². The fraction of sp³-hybridized carbons (Fsp3) is 0.462. The first-order valence-electron chi connectivity index (χ1n) is 5.44. The Morgan fingerprint density at radius 3 is 2.75 bits per heavy atom. The van der Waals surface area contributed by atoms with Crippen LogP contribution in [0.5, 0.6) is 0 Å². The number of ketones is 1. The summed E-state index contributed by atoms with van der Waals surface area (Å²) in [6.07, 6.45) is -0.0253. The van der Waals surface area contributed by atoms with Gasteiger partial charge in [0.1, 0.15) is 6.10 Å². The summed E-state index contributed by atoms with van der Waals surface area (Å²) in [5.41, 5.74) is 1.96. The lowest BCUT2D eigenvalue weighted by molar-refractivity contribution is -0.128. The summed E-state index contributed by atoms with van der Waals surface area (Å²) in [5.74, 6) is 0.0626. The molecular weight excluding hydrogens is 224 g/mol. The molecule has 0 fully saturated rings. The highest BCUT2D eigenvalue weighted by Crippen LogP contribution is 2.18. The van der Waals surface area contributed by atoms with Gasteiger partial charge in [-0.1, -0.05) is 23.7 Å². The second kappa shape index (κ2) is 6.02. The van der Waals surface area contributed by atoms with Crippen LogP contribution in [0.4, 0.5) is 0 Å². The average Bonchev–Trinajstić information content (AvgIpc) is 2.22. The van der Waals surface area contributed by atoms with Crippen LogP contribution in [0.2, 0.25) is 5.02 Å². The molecule has 0 aliphatic carbocycles. The molecule has 0 bridgehead atoms. The Labute approximate surface area is 102 Å². The van der Waals surface area contributed by atoms with E-state index in [-0.39, 0.29) is 11.9 Å². The number of hydrogen-bond donors (Lipinski definition) is 0. The molecule has 0 aromatic heterocycles. The number of Topliss-reactive ketones (excluding diaryl/α,β-unsaturated/α-hetero) is 1. The standard InChI is InChI=1S/C13H17ClO2/c1-4-16-10(3)13(15)8-11-6-5-9(2)7-12(11)14/h5-7,10H,4,8H2,1-3H3. The quantitative estimate of drug-likeness (QED) is 0.790. The molecule has 88 valence electrons. The first-order valence-corrected chi connectivity index (χ1v) is 5.81. The van der Waals surface area contributed by atoms with Crippen LogP contribution in [0.3, 0.4) is 0 Å². The van der Waals surface area contributed by atoms with Gasteiger partial charge in [0.05, 0.1) is 0 Å². The zero-order chi connectivity index (χ0) is 12.1. The highest BCUT2D eigenvalue weighted by atomic mass is 35.5. The summed E-state index contributed by atoms with van der Waals surface area (Å²) in [6.45, 7) is 6.17. The van der Waals surface area contributed by atoms with Crippen molar-refractivity contribution in [1.82, 2.24) is 0 Å². The van der Waals surface area contributed by atoms with Crippen molar-refractivity contribution in [2.45, 2.75) is 33.3 Å². The Hall–Kier alpha value is -0.860. The van der Waals surface area contributed by atoms with Crippen LogP contribution in [0.15, 0.2) is 18.2 Å². The van der Waals surface area contributed by atoms with Gasteiger partial charge in [0.25, 0.3) is 0 Å². The first-order chi connectivity index (χ1) is 7.54. The monoisotopic (exact) mass is 240 g/mol. The second-order valence-corrected chi connectivity index (χ2v) is 4.24. The van der Waals surface area contributed by atoms with Crippen molar-refractivity contribution >= 4 is 17.4 Å². The maximum Gasteiger partial charge on any atom is 0.165 e. The van der Waals surface area contributed by atoms with E-state index in [1.54, 1.807) is 6.92 Å². The topological polar surface area (TPSA) is 26.3 Å². The second-order valence-electron chi connectivity index (χ2n) is 3.84. The fourth-order valence-electron chi connectivity index (χ4n) is 1.47. The van der Waals surface area contributed by atoms with Crippen LogP contribution in [-0.2, 0) is 16.0 Å². The minimum Gasteiger partial charge on any atom is -0.371 e. The molecule has 0 aliphatic rings. The summed E-state index contributed by atoms with van der Waals surface area (Å²) >= 11 is 6.06. The van der Waals surface area contributed by atoms with E-state index in [9.17, 15) is 4.79 Å². The van der Waals surface area contributed by atoms with E-state index in [0.717, 1.165) is 11.1 Å². The van der Waals surface area contributed by atoms with Gasteiger partial charge >= 0.3 is 0 Å². The summed E-state index contributed by atoms with van der Waals surface area (Å²) in [7, 11) is 0. The zero-order valence-electron chi connectivity index (χ0n) is 9.92. The van der Waals surface area contributed by atoms with Gasteiger partial charge in [-0.15, -0.1) is 0 Å². The van der Waals surface area contributed by atoms with Crippen molar-refractivity contribution in [1.29, 1.82) is 0 Å². The largest absolute Gasteiger partial charge is 0.371 e. The van der Waals surface area contributed by atoms with E-state index in [2.05, 4.69) is 0 Å². The van der Waals surface area contributed by atoms with Gasteiger partial charge in [-0.3, -0.25) is 4.79 Å². The normalized spacial score (nSPS) is 12.5. The van der Waals surface area contributed by atoms with Crippen LogP contribution in [0, 0.1) is 6.92 Å². The molecule has 2 nitrogen and oxygen atoms in total. The Balaban J connectivity index is 2.69. The third kappa shape index (κ3) is 3.62. The number of rotatable bonds is 5. The number of halogens is 1. The van der Waals surface area contributed by atoms with Gasteiger partial charge in [-0.2, -0.15) is 0 Å². The van der Waals surface area contributed by atoms with Crippen LogP contribution >= 0.6 is 11.6 Å². The van der Waals surface area contributed by atoms with Crippen molar-refractivity contribution in [2.24, 2.45) is 0 Å². The number of carbonyl (C=O) groups is 1. The lowest BCUT2D eigenvalue weighted by Crippen LogP contribution is -2.22. The molecule has 1 aromatic rings. The summed E-state index contributed by atoms with van der Waals surface area (Å²) in [6, 6.07) is 5.73. The van der Waals surface area contributed by atoms with E-state index in [4.69, 9.17) is 16.3 Å². The lowest BCUT2D eigenvalue weighted by Gasteiger charge is -2.11. The Morgan fingerprint density at radius 2 is 2.19 bits per heavy atom. The number of aryl methyl sites for hydroxylation is 1. The molecule has 1 rings (SSSR count). The summed E-state index contributed by atoms with van der Waals surface area (Å²) < 4.78 is 5.25. The highest BCUT2D eigenvalue weighted by Gasteiger charge is 2.14. The number of benzene rings is 1. The minimum absolute atomic E-state index is 0.0626. The summed E-state index contributed by atoms with van der Waals surface area (Å²) in [5, 5.41) is 0.650. The third-order valence-electron chi connectivity index (χ3n) is 2.44. The maximum absolute atomic E-state index is 11.8. The molecule has 1 unspecified atom stereocenters. The summed E-state index contributed by atoms with van der Waals surface area (Å²) in [4.78, 5) is 11.8. The van der Waals surface area contributed by atoms with E-state index in [0.29, 0.717) is 18.1 Å². The SMILES string of the molecule is CCOC(C)C(=O)Cc1ccc(C)cc1Cl. The van der Waals surface area contributed by atoms with E-state index >= 15 is 0 Å². The molecule has 0 radical (unpaired) electrons. The van der Waals surface area contributed by atoms with E-state index in [1.165, 1.54) is 0 Å². The van der Waals surface area contributed by atoms with Crippen molar-refractivity contribution in [3.63, 3.8) is 0 Å². The first kappa shape index (κ1) is 13.2. The molecule has 0 amide bonds. The molecular formula is C13H17ClO2. The van der Waals surface area contributed by atoms with Gasteiger partial charge in [0, 0.05) is 18.1 Å². The smallest absolute Gasteiger partial charge is 0.165 e. The zero-order valence-corrected chi connectivity index (χ0v) is 10.7. The van der Waals surface area contributed by atoms with Crippen molar-refractivity contribution in [3.05, 3.63) is 34.3 Å². The minimum atomic E-state index is -0.359. The van der Waals surface area contributed by atoms with E-state index < -0.39 is 0 Å². The molecule has 0 spiro atoms. The Bertz CT molecular complexity index is 374. The lowest BCUT2D eigenvalue weighted by atomic mass is 10.0. The van der Waals surface area contributed by atoms with Crippen molar-refractivity contribution < 1.29 is 9.53 Å². The molecule has 16 heavy (non-hydrogen) atoms. The molecule has 1 aromatic carbocycles. The van der Waals surface area contributed by atoms with Gasteiger partial charge < -0.3 is 4.74 Å². The molecule has 0 N–H and O–H groups in total.